The molecule has 3 N–H and O–H groups in total. The third kappa shape index (κ3) is 7.04. The molecule has 0 aromatic carbocycles. The van der Waals surface area contributed by atoms with E-state index in [1.54, 1.807) is 24.5 Å². The quantitative estimate of drug-likeness (QED) is 0.712. The van der Waals surface area contributed by atoms with E-state index in [0.717, 1.165) is 6.54 Å². The number of halogens is 2. The summed E-state index contributed by atoms with van der Waals surface area (Å²) in [4.78, 5) is 27.2. The highest BCUT2D eigenvalue weighted by atomic mass is 35.5. The number of morpholine rings is 1. The van der Waals surface area contributed by atoms with E-state index in [9.17, 15) is 9.59 Å². The van der Waals surface area contributed by atoms with Gasteiger partial charge in [-0.3, -0.25) is 14.6 Å². The summed E-state index contributed by atoms with van der Waals surface area (Å²) in [5, 5.41) is 8.49. The third-order valence-corrected chi connectivity index (χ3v) is 2.84. The van der Waals surface area contributed by atoms with Gasteiger partial charge in [0.2, 0.25) is 11.8 Å². The monoisotopic (exact) mass is 350 g/mol. The molecule has 1 aliphatic heterocycles. The summed E-state index contributed by atoms with van der Waals surface area (Å²) in [5.41, 5.74) is 0.691. The minimum atomic E-state index is -0.466. The predicted octanol–water partition coefficient (Wildman–Crippen LogP) is 0.358. The van der Waals surface area contributed by atoms with Crippen LogP contribution in [-0.4, -0.2) is 49.1 Å². The zero-order valence-electron chi connectivity index (χ0n) is 11.9. The smallest absolute Gasteiger partial charge is 0.250 e. The number of amides is 2. The number of ether oxygens (including phenoxy) is 1. The molecule has 1 fully saturated rings. The van der Waals surface area contributed by atoms with Crippen molar-refractivity contribution in [3.63, 3.8) is 0 Å². The molecular formula is C13H20Cl2N4O3. The molecule has 7 nitrogen and oxygen atoms in total. The molecule has 2 rings (SSSR count). The second-order valence-electron chi connectivity index (χ2n) is 4.39. The summed E-state index contributed by atoms with van der Waals surface area (Å²) < 4.78 is 5.31. The van der Waals surface area contributed by atoms with E-state index in [2.05, 4.69) is 20.9 Å². The van der Waals surface area contributed by atoms with E-state index in [1.807, 2.05) is 0 Å². The summed E-state index contributed by atoms with van der Waals surface area (Å²) in [6, 6.07) is 3.41. The molecule has 0 aliphatic carbocycles. The molecule has 2 amide bonds. The van der Waals surface area contributed by atoms with Gasteiger partial charge in [0.1, 0.15) is 6.10 Å². The van der Waals surface area contributed by atoms with Crippen LogP contribution in [0.5, 0.6) is 0 Å². The lowest BCUT2D eigenvalue weighted by molar-refractivity contribution is -0.134. The van der Waals surface area contributed by atoms with E-state index in [0.29, 0.717) is 18.8 Å². The number of anilines is 1. The summed E-state index contributed by atoms with van der Waals surface area (Å²) in [5.74, 6) is -0.340. The number of pyridine rings is 1. The van der Waals surface area contributed by atoms with Gasteiger partial charge in [-0.25, -0.2) is 0 Å². The van der Waals surface area contributed by atoms with Crippen LogP contribution < -0.4 is 16.0 Å². The van der Waals surface area contributed by atoms with E-state index >= 15 is 0 Å². The zero-order valence-corrected chi connectivity index (χ0v) is 13.5. The van der Waals surface area contributed by atoms with E-state index in [-0.39, 0.29) is 49.6 Å². The number of nitrogens with zero attached hydrogens (tertiary/aromatic N) is 1. The van der Waals surface area contributed by atoms with Crippen LogP contribution in [-0.2, 0) is 14.3 Å². The molecule has 0 radical (unpaired) electrons. The average molecular weight is 351 g/mol. The van der Waals surface area contributed by atoms with Gasteiger partial charge in [0.15, 0.2) is 0 Å². The number of hydrogen-bond acceptors (Lipinski definition) is 5. The molecule has 124 valence electrons. The van der Waals surface area contributed by atoms with Crippen molar-refractivity contribution in [2.24, 2.45) is 0 Å². The van der Waals surface area contributed by atoms with Crippen LogP contribution in [0.15, 0.2) is 24.5 Å². The van der Waals surface area contributed by atoms with Gasteiger partial charge in [-0.2, -0.15) is 0 Å². The lowest BCUT2D eigenvalue weighted by atomic mass is 10.3. The number of carbonyl (C=O) groups excluding carboxylic acids is 2. The van der Waals surface area contributed by atoms with Crippen LogP contribution >= 0.6 is 24.8 Å². The number of nitrogens with one attached hydrogen (secondary N) is 3. The van der Waals surface area contributed by atoms with Crippen molar-refractivity contribution in [1.29, 1.82) is 0 Å². The first-order valence-electron chi connectivity index (χ1n) is 6.55. The van der Waals surface area contributed by atoms with E-state index in [4.69, 9.17) is 4.74 Å². The van der Waals surface area contributed by atoms with Gasteiger partial charge < -0.3 is 20.7 Å². The molecule has 0 spiro atoms. The maximum atomic E-state index is 11.7. The minimum Gasteiger partial charge on any atom is -0.366 e. The standard InChI is InChI=1S/C13H18N4O3.2ClH/c18-12(17-10-1-4-14-5-2-10)3-6-16-13(19)11-9-15-7-8-20-11;;/h1-2,4-5,11,15H,3,6-9H2,(H,16,19)(H,14,17,18);2*1H. The number of hydrogen-bond donors (Lipinski definition) is 3. The van der Waals surface area contributed by atoms with Crippen molar-refractivity contribution in [1.82, 2.24) is 15.6 Å². The van der Waals surface area contributed by atoms with Crippen molar-refractivity contribution in [3.05, 3.63) is 24.5 Å². The average Bonchev–Trinajstić information content (AvgIpc) is 2.49. The van der Waals surface area contributed by atoms with Crippen molar-refractivity contribution in [3.8, 4) is 0 Å². The maximum Gasteiger partial charge on any atom is 0.250 e. The van der Waals surface area contributed by atoms with Crippen molar-refractivity contribution in [2.75, 3.05) is 31.6 Å². The molecule has 0 bridgehead atoms. The predicted molar refractivity (Wildman–Crippen MR) is 87.6 cm³/mol. The zero-order chi connectivity index (χ0) is 14.2. The normalized spacial score (nSPS) is 16.6. The van der Waals surface area contributed by atoms with E-state index in [1.165, 1.54) is 0 Å². The molecule has 9 heteroatoms. The van der Waals surface area contributed by atoms with Crippen molar-refractivity contribution >= 4 is 42.3 Å². The van der Waals surface area contributed by atoms with Crippen molar-refractivity contribution in [2.45, 2.75) is 12.5 Å². The number of aromatic nitrogens is 1. The Morgan fingerprint density at radius 3 is 2.68 bits per heavy atom. The summed E-state index contributed by atoms with van der Waals surface area (Å²) >= 11 is 0. The van der Waals surface area contributed by atoms with Crippen LogP contribution in [0.3, 0.4) is 0 Å². The first-order valence-corrected chi connectivity index (χ1v) is 6.55. The Hall–Kier alpha value is -1.41. The largest absolute Gasteiger partial charge is 0.366 e. The topological polar surface area (TPSA) is 92.4 Å². The SMILES string of the molecule is Cl.Cl.O=C(CCNC(=O)C1CNCCO1)Nc1ccncc1. The molecule has 2 heterocycles. The maximum absolute atomic E-state index is 11.7. The first kappa shape index (κ1) is 20.6. The fourth-order valence-corrected chi connectivity index (χ4v) is 1.81. The van der Waals surface area contributed by atoms with Crippen LogP contribution in [0.25, 0.3) is 0 Å². The highest BCUT2D eigenvalue weighted by molar-refractivity contribution is 5.91. The molecule has 1 atom stereocenters. The van der Waals surface area contributed by atoms with Gasteiger partial charge in [-0.1, -0.05) is 0 Å². The fraction of sp³-hybridized carbons (Fsp3) is 0.462. The Morgan fingerprint density at radius 1 is 1.32 bits per heavy atom. The van der Waals surface area contributed by atoms with Crippen LogP contribution in [0.2, 0.25) is 0 Å². The van der Waals surface area contributed by atoms with Gasteiger partial charge in [0.25, 0.3) is 0 Å². The first-order chi connectivity index (χ1) is 9.75. The summed E-state index contributed by atoms with van der Waals surface area (Å²) in [6.07, 6.45) is 2.95. The fourth-order valence-electron chi connectivity index (χ4n) is 1.81. The van der Waals surface area contributed by atoms with E-state index < -0.39 is 6.10 Å². The Morgan fingerprint density at radius 2 is 2.05 bits per heavy atom. The van der Waals surface area contributed by atoms with Crippen LogP contribution in [0.1, 0.15) is 6.42 Å². The molecule has 1 unspecified atom stereocenters. The molecular weight excluding hydrogens is 331 g/mol. The van der Waals surface area contributed by atoms with Crippen molar-refractivity contribution < 1.29 is 14.3 Å². The van der Waals surface area contributed by atoms with Gasteiger partial charge >= 0.3 is 0 Å². The minimum absolute atomic E-state index is 0. The summed E-state index contributed by atoms with van der Waals surface area (Å²) in [6.45, 7) is 2.09. The third-order valence-electron chi connectivity index (χ3n) is 2.84. The van der Waals surface area contributed by atoms with Crippen LogP contribution in [0.4, 0.5) is 5.69 Å². The number of carbonyl (C=O) groups is 2. The second kappa shape index (κ2) is 11.2. The van der Waals surface area contributed by atoms with Gasteiger partial charge in [0, 0.05) is 44.1 Å². The van der Waals surface area contributed by atoms with Gasteiger partial charge in [-0.05, 0) is 12.1 Å². The second-order valence-corrected chi connectivity index (χ2v) is 4.39. The number of rotatable bonds is 5. The molecule has 22 heavy (non-hydrogen) atoms. The lowest BCUT2D eigenvalue weighted by Crippen LogP contribution is -2.48. The van der Waals surface area contributed by atoms with Gasteiger partial charge in [0.05, 0.1) is 6.61 Å². The Kier molecular flexibility index (Phi) is 10.5. The molecule has 1 aromatic rings. The molecule has 0 saturated carbocycles. The molecule has 1 aromatic heterocycles. The highest BCUT2D eigenvalue weighted by Crippen LogP contribution is 2.03. The molecule has 1 aliphatic rings. The lowest BCUT2D eigenvalue weighted by Gasteiger charge is -2.22. The molecule has 1 saturated heterocycles. The Bertz CT molecular complexity index is 456. The van der Waals surface area contributed by atoms with Gasteiger partial charge in [-0.15, -0.1) is 24.8 Å². The Balaban J connectivity index is 0.00000220. The Labute approximate surface area is 141 Å². The summed E-state index contributed by atoms with van der Waals surface area (Å²) in [7, 11) is 0. The highest BCUT2D eigenvalue weighted by Gasteiger charge is 2.21. The van der Waals surface area contributed by atoms with Crippen LogP contribution in [0, 0.1) is 0 Å².